The first kappa shape index (κ1) is 15.4. The summed E-state index contributed by atoms with van der Waals surface area (Å²) in [6, 6.07) is 7.92. The van der Waals surface area contributed by atoms with Gasteiger partial charge in [-0.15, -0.1) is 11.8 Å². The van der Waals surface area contributed by atoms with Gasteiger partial charge < -0.3 is 15.8 Å². The normalized spacial score (nSPS) is 17.1. The van der Waals surface area contributed by atoms with E-state index < -0.39 is 6.10 Å². The van der Waals surface area contributed by atoms with Gasteiger partial charge in [-0.2, -0.15) is 0 Å². The van der Waals surface area contributed by atoms with Crippen molar-refractivity contribution in [3.8, 4) is 0 Å². The first-order chi connectivity index (χ1) is 9.74. The molecule has 0 saturated heterocycles. The molecule has 20 heavy (non-hydrogen) atoms. The number of para-hydroxylation sites is 1. The Morgan fingerprint density at radius 2 is 2.15 bits per heavy atom. The summed E-state index contributed by atoms with van der Waals surface area (Å²) in [5.41, 5.74) is 6.37. The van der Waals surface area contributed by atoms with Crippen molar-refractivity contribution >= 4 is 23.4 Å². The number of carbonyl (C=O) groups is 1. The lowest BCUT2D eigenvalue weighted by atomic mass is 10.3. The van der Waals surface area contributed by atoms with E-state index >= 15 is 0 Å². The molecule has 1 fully saturated rings. The van der Waals surface area contributed by atoms with Crippen molar-refractivity contribution in [2.45, 2.75) is 41.9 Å². The van der Waals surface area contributed by atoms with E-state index in [-0.39, 0.29) is 12.5 Å². The predicted octanol–water partition coefficient (Wildman–Crippen LogP) is 2.63. The van der Waals surface area contributed by atoms with Gasteiger partial charge in [-0.25, -0.2) is 0 Å². The zero-order chi connectivity index (χ0) is 14.4. The number of nitrogens with two attached hydrogens (primary N) is 1. The van der Waals surface area contributed by atoms with Crippen LogP contribution >= 0.6 is 11.8 Å². The number of rotatable bonds is 6. The molecule has 3 N–H and O–H groups in total. The maximum Gasteiger partial charge on any atom is 0.254 e. The number of methoxy groups -OCH3 is 1. The van der Waals surface area contributed by atoms with E-state index in [2.05, 4.69) is 11.4 Å². The Labute approximate surface area is 124 Å². The summed E-state index contributed by atoms with van der Waals surface area (Å²) in [7, 11) is 1.50. The van der Waals surface area contributed by atoms with Gasteiger partial charge in [0.1, 0.15) is 6.10 Å². The van der Waals surface area contributed by atoms with Gasteiger partial charge in [0.05, 0.1) is 5.69 Å². The molecule has 0 aliphatic heterocycles. The predicted molar refractivity (Wildman–Crippen MR) is 83.0 cm³/mol. The standard InChI is InChI=1S/C15H22N2O2S/c1-19-13(10-16)15(18)17-12-8-4-5-9-14(12)20-11-6-2-3-7-11/h4-5,8-9,11,13H,2-3,6-7,10,16H2,1H3,(H,17,18). The number of carbonyl (C=O) groups excluding carboxylic acids is 1. The third-order valence-corrected chi connectivity index (χ3v) is 4.95. The van der Waals surface area contributed by atoms with Crippen LogP contribution in [0.4, 0.5) is 5.69 Å². The summed E-state index contributed by atoms with van der Waals surface area (Å²) in [5.74, 6) is -0.186. The number of amides is 1. The van der Waals surface area contributed by atoms with Gasteiger partial charge in [-0.05, 0) is 25.0 Å². The zero-order valence-corrected chi connectivity index (χ0v) is 12.6. The van der Waals surface area contributed by atoms with Gasteiger partial charge in [-0.3, -0.25) is 4.79 Å². The minimum atomic E-state index is -0.598. The number of nitrogens with one attached hydrogen (secondary N) is 1. The van der Waals surface area contributed by atoms with Gasteiger partial charge in [-0.1, -0.05) is 25.0 Å². The van der Waals surface area contributed by atoms with Crippen LogP contribution in [-0.2, 0) is 9.53 Å². The molecule has 5 heteroatoms. The third kappa shape index (κ3) is 3.98. The van der Waals surface area contributed by atoms with Crippen LogP contribution in [0.25, 0.3) is 0 Å². The monoisotopic (exact) mass is 294 g/mol. The molecule has 1 aromatic rings. The smallest absolute Gasteiger partial charge is 0.254 e. The molecule has 1 atom stereocenters. The molecular weight excluding hydrogens is 272 g/mol. The first-order valence-electron chi connectivity index (χ1n) is 7.04. The Hall–Kier alpha value is -1.04. The van der Waals surface area contributed by atoms with E-state index in [4.69, 9.17) is 10.5 Å². The zero-order valence-electron chi connectivity index (χ0n) is 11.8. The van der Waals surface area contributed by atoms with Crippen LogP contribution in [-0.4, -0.2) is 30.9 Å². The molecule has 2 rings (SSSR count). The maximum absolute atomic E-state index is 12.0. The van der Waals surface area contributed by atoms with Gasteiger partial charge in [0.25, 0.3) is 5.91 Å². The van der Waals surface area contributed by atoms with Crippen molar-refractivity contribution in [3.63, 3.8) is 0 Å². The molecular formula is C15H22N2O2S. The highest BCUT2D eigenvalue weighted by molar-refractivity contribution is 8.00. The van der Waals surface area contributed by atoms with E-state index in [9.17, 15) is 4.79 Å². The SMILES string of the molecule is COC(CN)C(=O)Nc1ccccc1SC1CCCC1. The molecule has 1 unspecified atom stereocenters. The second-order valence-electron chi connectivity index (χ2n) is 4.97. The fraction of sp³-hybridized carbons (Fsp3) is 0.533. The molecule has 1 aliphatic rings. The number of thioether (sulfide) groups is 1. The highest BCUT2D eigenvalue weighted by Gasteiger charge is 2.20. The average molecular weight is 294 g/mol. The highest BCUT2D eigenvalue weighted by atomic mass is 32.2. The lowest BCUT2D eigenvalue weighted by Crippen LogP contribution is -2.36. The number of ether oxygens (including phenoxy) is 1. The van der Waals surface area contributed by atoms with E-state index in [1.165, 1.54) is 32.8 Å². The summed E-state index contributed by atoms with van der Waals surface area (Å²) in [5, 5.41) is 3.59. The second-order valence-corrected chi connectivity index (χ2v) is 6.31. The lowest BCUT2D eigenvalue weighted by molar-refractivity contribution is -0.125. The van der Waals surface area contributed by atoms with E-state index in [0.29, 0.717) is 5.25 Å². The Morgan fingerprint density at radius 3 is 2.80 bits per heavy atom. The third-order valence-electron chi connectivity index (χ3n) is 3.53. The second kappa shape index (κ2) is 7.67. The van der Waals surface area contributed by atoms with Crippen LogP contribution in [0.15, 0.2) is 29.2 Å². The molecule has 1 aliphatic carbocycles. The Bertz CT molecular complexity index is 443. The molecule has 4 nitrogen and oxygen atoms in total. The van der Waals surface area contributed by atoms with Crippen LogP contribution < -0.4 is 11.1 Å². The topological polar surface area (TPSA) is 64.3 Å². The molecule has 1 aromatic carbocycles. The maximum atomic E-state index is 12.0. The van der Waals surface area contributed by atoms with Crippen molar-refractivity contribution in [2.75, 3.05) is 19.0 Å². The Kier molecular flexibility index (Phi) is 5.88. The summed E-state index contributed by atoms with van der Waals surface area (Å²) in [6.45, 7) is 0.181. The summed E-state index contributed by atoms with van der Waals surface area (Å²) in [6.07, 6.45) is 4.54. The minimum Gasteiger partial charge on any atom is -0.370 e. The quantitative estimate of drug-likeness (QED) is 0.846. The molecule has 1 saturated carbocycles. The van der Waals surface area contributed by atoms with Crippen LogP contribution in [0.1, 0.15) is 25.7 Å². The average Bonchev–Trinajstić information content (AvgIpc) is 2.95. The number of benzene rings is 1. The molecule has 0 heterocycles. The first-order valence-corrected chi connectivity index (χ1v) is 7.92. The molecule has 0 radical (unpaired) electrons. The summed E-state index contributed by atoms with van der Waals surface area (Å²) < 4.78 is 5.06. The number of hydrogen-bond donors (Lipinski definition) is 2. The summed E-state index contributed by atoms with van der Waals surface area (Å²) in [4.78, 5) is 13.2. The van der Waals surface area contributed by atoms with Crippen LogP contribution in [0, 0.1) is 0 Å². The Balaban J connectivity index is 2.05. The van der Waals surface area contributed by atoms with Crippen molar-refractivity contribution in [1.82, 2.24) is 0 Å². The van der Waals surface area contributed by atoms with E-state index in [1.807, 2.05) is 30.0 Å². The van der Waals surface area contributed by atoms with Gasteiger partial charge in [0.2, 0.25) is 0 Å². The molecule has 0 bridgehead atoms. The molecule has 110 valence electrons. The highest BCUT2D eigenvalue weighted by Crippen LogP contribution is 2.37. The Morgan fingerprint density at radius 1 is 1.45 bits per heavy atom. The van der Waals surface area contributed by atoms with Crippen molar-refractivity contribution in [1.29, 1.82) is 0 Å². The fourth-order valence-corrected chi connectivity index (χ4v) is 3.71. The van der Waals surface area contributed by atoms with Gasteiger partial charge in [0.15, 0.2) is 0 Å². The van der Waals surface area contributed by atoms with E-state index in [0.717, 1.165) is 10.6 Å². The van der Waals surface area contributed by atoms with Gasteiger partial charge in [0, 0.05) is 23.8 Å². The van der Waals surface area contributed by atoms with Crippen molar-refractivity contribution < 1.29 is 9.53 Å². The molecule has 1 amide bonds. The van der Waals surface area contributed by atoms with Crippen LogP contribution in [0.2, 0.25) is 0 Å². The summed E-state index contributed by atoms with van der Waals surface area (Å²) >= 11 is 1.86. The van der Waals surface area contributed by atoms with E-state index in [1.54, 1.807) is 0 Å². The van der Waals surface area contributed by atoms with Crippen LogP contribution in [0.5, 0.6) is 0 Å². The molecule has 0 aromatic heterocycles. The van der Waals surface area contributed by atoms with Crippen molar-refractivity contribution in [3.05, 3.63) is 24.3 Å². The van der Waals surface area contributed by atoms with Crippen LogP contribution in [0.3, 0.4) is 0 Å². The lowest BCUT2D eigenvalue weighted by Gasteiger charge is -2.17. The minimum absolute atomic E-state index is 0.181. The molecule has 0 spiro atoms. The largest absolute Gasteiger partial charge is 0.370 e. The fourth-order valence-electron chi connectivity index (χ4n) is 2.38. The van der Waals surface area contributed by atoms with Gasteiger partial charge >= 0.3 is 0 Å². The number of hydrogen-bond acceptors (Lipinski definition) is 4. The van der Waals surface area contributed by atoms with Crippen molar-refractivity contribution in [2.24, 2.45) is 5.73 Å². The number of anilines is 1.